The Hall–Kier alpha value is -1.77. The Morgan fingerprint density at radius 1 is 1.15 bits per heavy atom. The van der Waals surface area contributed by atoms with Crippen LogP contribution in [0.15, 0.2) is 24.3 Å². The summed E-state index contributed by atoms with van der Waals surface area (Å²) in [5.41, 5.74) is 0.532. The first-order chi connectivity index (χ1) is 12.9. The van der Waals surface area contributed by atoms with Gasteiger partial charge >= 0.3 is 5.97 Å². The number of amides is 3. The van der Waals surface area contributed by atoms with E-state index in [1.165, 1.54) is 23.8 Å². The smallest absolute Gasteiger partial charge is 0.330 e. The highest BCUT2D eigenvalue weighted by atomic mass is 35.5. The zero-order valence-corrected chi connectivity index (χ0v) is 16.4. The number of benzene rings is 1. The van der Waals surface area contributed by atoms with Crippen LogP contribution in [0, 0.1) is 0 Å². The van der Waals surface area contributed by atoms with Gasteiger partial charge in [0.15, 0.2) is 0 Å². The minimum atomic E-state index is -0.997. The number of methoxy groups -OCH3 is 1. The molecular weight excluding hydrogens is 415 g/mol. The summed E-state index contributed by atoms with van der Waals surface area (Å²) in [4.78, 5) is 53.0. The molecule has 0 radical (unpaired) electrons. The number of ether oxygens (including phenoxy) is 1. The first-order valence-electron chi connectivity index (χ1n) is 8.08. The van der Waals surface area contributed by atoms with E-state index in [0.717, 1.165) is 4.90 Å². The van der Waals surface area contributed by atoms with Crippen LogP contribution < -0.4 is 0 Å². The molecule has 0 spiro atoms. The molecule has 3 amide bonds. The van der Waals surface area contributed by atoms with Crippen LogP contribution >= 0.6 is 35.0 Å². The summed E-state index contributed by atoms with van der Waals surface area (Å²) in [7, 11) is 1.22. The number of hydrogen-bond acceptors (Lipinski definition) is 6. The molecule has 3 aliphatic rings. The quantitative estimate of drug-likeness (QED) is 0.311. The number of alkyl halides is 2. The van der Waals surface area contributed by atoms with Crippen LogP contribution in [-0.4, -0.2) is 74.6 Å². The third kappa shape index (κ3) is 2.30. The summed E-state index contributed by atoms with van der Waals surface area (Å²) in [6.07, 6.45) is 0. The molecule has 0 aromatic heterocycles. The van der Waals surface area contributed by atoms with E-state index in [0.29, 0.717) is 0 Å². The third-order valence-corrected chi connectivity index (χ3v) is 8.14. The Labute approximate surface area is 168 Å². The first-order valence-corrected chi connectivity index (χ1v) is 10.0. The maximum atomic E-state index is 12.9. The van der Waals surface area contributed by atoms with Crippen molar-refractivity contribution in [2.45, 2.75) is 22.2 Å². The average Bonchev–Trinajstić information content (AvgIpc) is 3.13. The van der Waals surface area contributed by atoms with Crippen molar-refractivity contribution in [3.8, 4) is 0 Å². The fraction of sp³-hybridized carbons (Fsp3) is 0.412. The molecule has 7 nitrogen and oxygen atoms in total. The fourth-order valence-electron chi connectivity index (χ4n) is 3.81. The molecule has 3 aliphatic heterocycles. The molecular formula is C17H14Cl2N2O5S. The normalized spacial score (nSPS) is 28.1. The van der Waals surface area contributed by atoms with E-state index in [1.54, 1.807) is 24.3 Å². The molecule has 3 heterocycles. The lowest BCUT2D eigenvalue weighted by atomic mass is 9.95. The largest absolute Gasteiger partial charge is 0.467 e. The molecule has 0 unspecified atom stereocenters. The van der Waals surface area contributed by atoms with Crippen LogP contribution in [-0.2, 0) is 14.3 Å². The van der Waals surface area contributed by atoms with Crippen molar-refractivity contribution in [1.82, 2.24) is 9.80 Å². The van der Waals surface area contributed by atoms with Crippen LogP contribution in [0.5, 0.6) is 0 Å². The molecule has 2 fully saturated rings. The van der Waals surface area contributed by atoms with E-state index in [9.17, 15) is 19.2 Å². The standard InChI is InChI=1S/C17H14Cl2N2O5S/c1-26-16(25)11-17(6-18,7-19)27-15-10(14(24)21(11)15)20-12(22)8-4-2-3-5-9(8)13(20)23/h2-5,10-11,15H,6-7H2,1H3/t10-,11+,15-/m1/s1. The summed E-state index contributed by atoms with van der Waals surface area (Å²) in [5, 5.41) is -0.596. The minimum absolute atomic E-state index is 0.00997. The number of rotatable bonds is 4. The molecule has 0 bridgehead atoms. The van der Waals surface area contributed by atoms with Gasteiger partial charge in [-0.15, -0.1) is 35.0 Å². The summed E-state index contributed by atoms with van der Waals surface area (Å²) in [6, 6.07) is 4.46. The Morgan fingerprint density at radius 3 is 2.19 bits per heavy atom. The van der Waals surface area contributed by atoms with Gasteiger partial charge in [0.2, 0.25) is 0 Å². The second kappa shape index (κ2) is 6.39. The van der Waals surface area contributed by atoms with Gasteiger partial charge in [-0.3, -0.25) is 19.3 Å². The van der Waals surface area contributed by atoms with E-state index < -0.39 is 45.9 Å². The van der Waals surface area contributed by atoms with Gasteiger partial charge in [-0.05, 0) is 12.1 Å². The summed E-state index contributed by atoms with van der Waals surface area (Å²) >= 11 is 13.4. The second-order valence-corrected chi connectivity index (χ2v) is 8.55. The van der Waals surface area contributed by atoms with Gasteiger partial charge in [-0.25, -0.2) is 4.79 Å². The predicted octanol–water partition coefficient (Wildman–Crippen LogP) is 1.32. The maximum Gasteiger partial charge on any atom is 0.330 e. The number of imide groups is 1. The molecule has 10 heteroatoms. The van der Waals surface area contributed by atoms with E-state index in [2.05, 4.69) is 0 Å². The molecule has 3 atom stereocenters. The van der Waals surface area contributed by atoms with Gasteiger partial charge in [0, 0.05) is 11.8 Å². The summed E-state index contributed by atoms with van der Waals surface area (Å²) in [5.74, 6) is -2.13. The molecule has 1 aromatic carbocycles. The Bertz CT molecular complexity index is 840. The number of carbonyl (C=O) groups excluding carboxylic acids is 4. The topological polar surface area (TPSA) is 84.0 Å². The van der Waals surface area contributed by atoms with Gasteiger partial charge in [0.05, 0.1) is 23.0 Å². The van der Waals surface area contributed by atoms with Gasteiger partial charge in [0.1, 0.15) is 17.5 Å². The van der Waals surface area contributed by atoms with Crippen molar-refractivity contribution in [3.63, 3.8) is 0 Å². The number of carbonyl (C=O) groups is 4. The van der Waals surface area contributed by atoms with Crippen LogP contribution in [0.4, 0.5) is 0 Å². The number of hydrogen-bond donors (Lipinski definition) is 0. The van der Waals surface area contributed by atoms with Crippen molar-refractivity contribution in [3.05, 3.63) is 35.4 Å². The van der Waals surface area contributed by atoms with Crippen molar-refractivity contribution in [1.29, 1.82) is 0 Å². The predicted molar refractivity (Wildman–Crippen MR) is 98.9 cm³/mol. The molecule has 0 N–H and O–H groups in total. The number of β-lactam (4-membered cyclic amide) rings is 1. The number of esters is 1. The second-order valence-electron chi connectivity index (χ2n) is 6.48. The lowest BCUT2D eigenvalue weighted by molar-refractivity contribution is -0.164. The van der Waals surface area contributed by atoms with Crippen LogP contribution in [0.3, 0.4) is 0 Å². The van der Waals surface area contributed by atoms with Gasteiger partial charge in [-0.2, -0.15) is 0 Å². The summed E-state index contributed by atoms with van der Waals surface area (Å²) < 4.78 is 3.88. The third-order valence-electron chi connectivity index (χ3n) is 5.16. The molecule has 142 valence electrons. The number of fused-ring (bicyclic) bond motifs is 2. The van der Waals surface area contributed by atoms with Crippen LogP contribution in [0.2, 0.25) is 0 Å². The van der Waals surface area contributed by atoms with Crippen molar-refractivity contribution in [2.75, 3.05) is 18.9 Å². The minimum Gasteiger partial charge on any atom is -0.467 e. The monoisotopic (exact) mass is 428 g/mol. The Morgan fingerprint density at radius 2 is 1.70 bits per heavy atom. The Kier molecular flexibility index (Phi) is 4.40. The number of halogens is 2. The van der Waals surface area contributed by atoms with Gasteiger partial charge < -0.3 is 9.64 Å². The molecule has 0 aliphatic carbocycles. The zero-order valence-electron chi connectivity index (χ0n) is 14.1. The average molecular weight is 429 g/mol. The van der Waals surface area contributed by atoms with E-state index in [4.69, 9.17) is 27.9 Å². The number of nitrogens with zero attached hydrogens (tertiary/aromatic N) is 2. The molecule has 0 saturated carbocycles. The lowest BCUT2D eigenvalue weighted by Gasteiger charge is -2.46. The van der Waals surface area contributed by atoms with Crippen LogP contribution in [0.1, 0.15) is 20.7 Å². The fourth-order valence-corrected chi connectivity index (χ4v) is 6.42. The molecule has 1 aromatic rings. The van der Waals surface area contributed by atoms with Crippen molar-refractivity contribution in [2.24, 2.45) is 0 Å². The highest BCUT2D eigenvalue weighted by Gasteiger charge is 2.69. The molecule has 27 heavy (non-hydrogen) atoms. The van der Waals surface area contributed by atoms with E-state index in [1.807, 2.05) is 0 Å². The highest BCUT2D eigenvalue weighted by Crippen LogP contribution is 2.54. The van der Waals surface area contributed by atoms with Gasteiger partial charge in [0.25, 0.3) is 17.7 Å². The maximum absolute atomic E-state index is 12.9. The summed E-state index contributed by atoms with van der Waals surface area (Å²) in [6.45, 7) is 0. The van der Waals surface area contributed by atoms with Crippen LogP contribution in [0.25, 0.3) is 0 Å². The van der Waals surface area contributed by atoms with E-state index >= 15 is 0 Å². The SMILES string of the molecule is COC(=O)[C@@H]1N2C(=O)[C@@H](N3C(=O)c4ccccc4C3=O)[C@H]2SC1(CCl)CCl. The van der Waals surface area contributed by atoms with Crippen molar-refractivity contribution < 1.29 is 23.9 Å². The number of thioether (sulfide) groups is 1. The first kappa shape index (κ1) is 18.6. The zero-order chi connectivity index (χ0) is 19.5. The van der Waals surface area contributed by atoms with Gasteiger partial charge in [-0.1, -0.05) is 12.1 Å². The Balaban J connectivity index is 1.70. The highest BCUT2D eigenvalue weighted by molar-refractivity contribution is 8.02. The molecule has 2 saturated heterocycles. The van der Waals surface area contributed by atoms with Crippen molar-refractivity contribution >= 4 is 58.7 Å². The molecule has 4 rings (SSSR count). The lowest BCUT2D eigenvalue weighted by Crippen LogP contribution is -2.71. The van der Waals surface area contributed by atoms with E-state index in [-0.39, 0.29) is 22.9 Å².